The summed E-state index contributed by atoms with van der Waals surface area (Å²) in [6, 6.07) is 10.7. The molecule has 0 saturated carbocycles. The number of anilines is 1. The number of primary amides is 1. The third-order valence-corrected chi connectivity index (χ3v) is 5.80. The maximum Gasteiger partial charge on any atom is 0.220 e. The van der Waals surface area contributed by atoms with Gasteiger partial charge in [-0.1, -0.05) is 35.4 Å². The molecule has 2 heterocycles. The molecule has 3 rings (SSSR count). The van der Waals surface area contributed by atoms with Crippen LogP contribution in [0.15, 0.2) is 41.5 Å². The van der Waals surface area contributed by atoms with E-state index in [1.165, 1.54) is 16.7 Å². The number of pyridine rings is 1. The number of benzene rings is 1. The Bertz CT molecular complexity index is 914. The summed E-state index contributed by atoms with van der Waals surface area (Å²) in [6.45, 7) is 10.1. The topological polar surface area (TPSA) is 95.6 Å². The number of aryl methyl sites for hydroxylation is 2. The molecule has 0 aliphatic carbocycles. The summed E-state index contributed by atoms with van der Waals surface area (Å²) < 4.78 is 0. The lowest BCUT2D eigenvalue weighted by atomic mass is 9.96. The molecule has 0 bridgehead atoms. The number of aliphatic imine (C=N–C) groups is 1. The number of nitrogens with two attached hydrogens (primary N) is 1. The minimum atomic E-state index is -0.197. The summed E-state index contributed by atoms with van der Waals surface area (Å²) in [4.78, 5) is 23.1. The summed E-state index contributed by atoms with van der Waals surface area (Å²) >= 11 is 0. The molecule has 0 radical (unpaired) electrons. The van der Waals surface area contributed by atoms with E-state index in [9.17, 15) is 4.79 Å². The average Bonchev–Trinajstić information content (AvgIpc) is 2.77. The summed E-state index contributed by atoms with van der Waals surface area (Å²) in [7, 11) is 0. The number of aromatic nitrogens is 1. The van der Waals surface area contributed by atoms with Crippen molar-refractivity contribution in [3.05, 3.63) is 58.8 Å². The number of amides is 1. The van der Waals surface area contributed by atoms with E-state index in [2.05, 4.69) is 65.6 Å². The number of carbonyl (C=O) groups is 1. The fourth-order valence-corrected chi connectivity index (χ4v) is 4.26. The number of hydrogen-bond donors (Lipinski definition) is 3. The Kier molecular flexibility index (Phi) is 8.48. The van der Waals surface area contributed by atoms with Gasteiger partial charge >= 0.3 is 0 Å². The molecule has 7 heteroatoms. The molecule has 1 aromatic carbocycles. The van der Waals surface area contributed by atoms with Gasteiger partial charge in [-0.25, -0.2) is 9.98 Å². The van der Waals surface area contributed by atoms with Crippen LogP contribution in [0.1, 0.15) is 42.0 Å². The number of rotatable bonds is 8. The van der Waals surface area contributed by atoms with Crippen molar-refractivity contribution >= 4 is 17.7 Å². The van der Waals surface area contributed by atoms with E-state index in [1.807, 2.05) is 12.3 Å². The Balaban J connectivity index is 1.61. The van der Waals surface area contributed by atoms with Gasteiger partial charge in [-0.05, 0) is 51.7 Å². The number of guanidine groups is 1. The molecule has 0 atom stereocenters. The number of nitrogens with zero attached hydrogens (tertiary/aromatic N) is 3. The zero-order chi connectivity index (χ0) is 22.9. The SMILES string of the molecule is CCNC(=NCc1cccnc1N1CCC(C(N)=O)CC1)NCCc1cc(C)cc(C)c1. The fraction of sp³-hybridized carbons (Fsp3) is 0.480. The van der Waals surface area contributed by atoms with Crippen molar-refractivity contribution in [2.24, 2.45) is 16.6 Å². The molecule has 4 N–H and O–H groups in total. The predicted octanol–water partition coefficient (Wildman–Crippen LogP) is 2.70. The number of nitrogens with one attached hydrogen (secondary N) is 2. The molecule has 1 fully saturated rings. The van der Waals surface area contributed by atoms with Crippen LogP contribution >= 0.6 is 0 Å². The molecular formula is C25H36N6O. The average molecular weight is 437 g/mol. The molecule has 1 saturated heterocycles. The second kappa shape index (κ2) is 11.5. The quantitative estimate of drug-likeness (QED) is 0.437. The molecule has 1 aliphatic rings. The van der Waals surface area contributed by atoms with Crippen LogP contribution in [-0.2, 0) is 17.8 Å². The van der Waals surface area contributed by atoms with Gasteiger partial charge in [0.05, 0.1) is 6.54 Å². The van der Waals surface area contributed by atoms with Crippen LogP contribution in [0.25, 0.3) is 0 Å². The standard InChI is InChI=1S/C25H36N6O/c1-4-27-25(29-11-7-20-15-18(2)14-19(3)16-20)30-17-22-6-5-10-28-24(22)31-12-8-21(9-13-31)23(26)32/h5-6,10,14-16,21H,4,7-9,11-13,17H2,1-3H3,(H2,26,32)(H2,27,29,30). The van der Waals surface area contributed by atoms with Gasteiger partial charge in [-0.15, -0.1) is 0 Å². The minimum Gasteiger partial charge on any atom is -0.369 e. The van der Waals surface area contributed by atoms with E-state index in [0.717, 1.165) is 62.8 Å². The molecular weight excluding hydrogens is 400 g/mol. The third-order valence-electron chi connectivity index (χ3n) is 5.80. The van der Waals surface area contributed by atoms with Crippen LogP contribution in [0.2, 0.25) is 0 Å². The smallest absolute Gasteiger partial charge is 0.220 e. The Morgan fingerprint density at radius 2 is 1.91 bits per heavy atom. The van der Waals surface area contributed by atoms with E-state index in [4.69, 9.17) is 10.7 Å². The predicted molar refractivity (Wildman–Crippen MR) is 131 cm³/mol. The van der Waals surface area contributed by atoms with Crippen molar-refractivity contribution in [1.29, 1.82) is 0 Å². The molecule has 172 valence electrons. The Hall–Kier alpha value is -3.09. The number of carbonyl (C=O) groups excluding carboxylic acids is 1. The van der Waals surface area contributed by atoms with E-state index in [1.54, 1.807) is 0 Å². The van der Waals surface area contributed by atoms with Crippen molar-refractivity contribution in [2.75, 3.05) is 31.1 Å². The Morgan fingerprint density at radius 3 is 2.56 bits per heavy atom. The maximum atomic E-state index is 11.5. The van der Waals surface area contributed by atoms with Crippen LogP contribution in [0, 0.1) is 19.8 Å². The van der Waals surface area contributed by atoms with Crippen molar-refractivity contribution in [1.82, 2.24) is 15.6 Å². The lowest BCUT2D eigenvalue weighted by Crippen LogP contribution is -2.39. The molecule has 0 unspecified atom stereocenters. The van der Waals surface area contributed by atoms with E-state index in [0.29, 0.717) is 6.54 Å². The summed E-state index contributed by atoms with van der Waals surface area (Å²) in [5.41, 5.74) is 10.5. The summed E-state index contributed by atoms with van der Waals surface area (Å²) in [6.07, 6.45) is 4.31. The van der Waals surface area contributed by atoms with Crippen LogP contribution in [0.4, 0.5) is 5.82 Å². The zero-order valence-corrected chi connectivity index (χ0v) is 19.5. The maximum absolute atomic E-state index is 11.5. The van der Waals surface area contributed by atoms with Gasteiger partial charge in [0.2, 0.25) is 5.91 Å². The zero-order valence-electron chi connectivity index (χ0n) is 19.5. The number of piperidine rings is 1. The number of hydrogen-bond acceptors (Lipinski definition) is 4. The first-order valence-corrected chi connectivity index (χ1v) is 11.5. The fourth-order valence-electron chi connectivity index (χ4n) is 4.26. The van der Waals surface area contributed by atoms with Gasteiger partial charge in [0, 0.05) is 43.9 Å². The first-order valence-electron chi connectivity index (χ1n) is 11.5. The highest BCUT2D eigenvalue weighted by Gasteiger charge is 2.24. The van der Waals surface area contributed by atoms with Crippen LogP contribution in [0.3, 0.4) is 0 Å². The second-order valence-electron chi connectivity index (χ2n) is 8.52. The highest BCUT2D eigenvalue weighted by atomic mass is 16.1. The van der Waals surface area contributed by atoms with Crippen molar-refractivity contribution in [3.8, 4) is 0 Å². The molecule has 1 aromatic heterocycles. The first-order chi connectivity index (χ1) is 15.5. The van der Waals surface area contributed by atoms with E-state index >= 15 is 0 Å². The van der Waals surface area contributed by atoms with Crippen molar-refractivity contribution in [2.45, 2.75) is 46.6 Å². The molecule has 0 spiro atoms. The highest BCUT2D eigenvalue weighted by Crippen LogP contribution is 2.24. The second-order valence-corrected chi connectivity index (χ2v) is 8.52. The molecule has 1 aliphatic heterocycles. The van der Waals surface area contributed by atoms with Crippen LogP contribution in [0.5, 0.6) is 0 Å². The highest BCUT2D eigenvalue weighted by molar-refractivity contribution is 5.80. The first kappa shape index (κ1) is 23.6. The normalized spacial score (nSPS) is 15.0. The molecule has 7 nitrogen and oxygen atoms in total. The van der Waals surface area contributed by atoms with Gasteiger partial charge in [0.15, 0.2) is 5.96 Å². The van der Waals surface area contributed by atoms with Crippen molar-refractivity contribution in [3.63, 3.8) is 0 Å². The Labute approximate surface area is 191 Å². The van der Waals surface area contributed by atoms with Crippen molar-refractivity contribution < 1.29 is 4.79 Å². The van der Waals surface area contributed by atoms with Gasteiger partial charge < -0.3 is 21.3 Å². The van der Waals surface area contributed by atoms with Crippen LogP contribution < -0.4 is 21.3 Å². The largest absolute Gasteiger partial charge is 0.369 e. The third kappa shape index (κ3) is 6.70. The monoisotopic (exact) mass is 436 g/mol. The van der Waals surface area contributed by atoms with E-state index < -0.39 is 0 Å². The minimum absolute atomic E-state index is 0.0295. The molecule has 2 aromatic rings. The van der Waals surface area contributed by atoms with Crippen LogP contribution in [-0.4, -0.2) is 43.0 Å². The molecule has 32 heavy (non-hydrogen) atoms. The van der Waals surface area contributed by atoms with E-state index in [-0.39, 0.29) is 11.8 Å². The lowest BCUT2D eigenvalue weighted by molar-refractivity contribution is -0.122. The summed E-state index contributed by atoms with van der Waals surface area (Å²) in [5.74, 6) is 1.53. The van der Waals surface area contributed by atoms with Gasteiger partial charge in [0.1, 0.15) is 5.82 Å². The summed E-state index contributed by atoms with van der Waals surface area (Å²) in [5, 5.41) is 6.78. The molecule has 1 amide bonds. The van der Waals surface area contributed by atoms with Gasteiger partial charge in [-0.3, -0.25) is 4.79 Å². The Morgan fingerprint density at radius 1 is 1.19 bits per heavy atom. The van der Waals surface area contributed by atoms with Gasteiger partial charge in [0.25, 0.3) is 0 Å². The van der Waals surface area contributed by atoms with Gasteiger partial charge in [-0.2, -0.15) is 0 Å². The lowest BCUT2D eigenvalue weighted by Gasteiger charge is -2.32.